The van der Waals surface area contributed by atoms with E-state index in [0.29, 0.717) is 12.3 Å². The smallest absolute Gasteiger partial charge is 0.310 e. The lowest BCUT2D eigenvalue weighted by molar-refractivity contribution is -0.146. The highest BCUT2D eigenvalue weighted by Crippen LogP contribution is 2.41. The molecule has 2 bridgehead atoms. The van der Waals surface area contributed by atoms with Crippen LogP contribution < -0.4 is 0 Å². The number of nitrogens with zero attached hydrogens (tertiary/aromatic N) is 1. The van der Waals surface area contributed by atoms with E-state index in [1.54, 1.807) is 0 Å². The van der Waals surface area contributed by atoms with Crippen molar-refractivity contribution < 1.29 is 9.53 Å². The van der Waals surface area contributed by atoms with Gasteiger partial charge in [-0.2, -0.15) is 0 Å². The average Bonchev–Trinajstić information content (AvgIpc) is 2.94. The minimum absolute atomic E-state index is 0.0667. The molecular weight excluding hydrogens is 300 g/mol. The van der Waals surface area contributed by atoms with Crippen molar-refractivity contribution in [2.24, 2.45) is 5.92 Å². The van der Waals surface area contributed by atoms with Crippen LogP contribution in [0.4, 0.5) is 0 Å². The number of esters is 1. The number of H-pyrrole nitrogens is 1. The van der Waals surface area contributed by atoms with Crippen LogP contribution in [0.5, 0.6) is 0 Å². The lowest BCUT2D eigenvalue weighted by Gasteiger charge is -2.44. The van der Waals surface area contributed by atoms with Gasteiger partial charge in [0.2, 0.25) is 0 Å². The Bertz CT molecular complexity index is 741. The summed E-state index contributed by atoms with van der Waals surface area (Å²) < 4.78 is 5.41. The third-order valence-corrected chi connectivity index (χ3v) is 5.56. The van der Waals surface area contributed by atoms with E-state index in [2.05, 4.69) is 28.1 Å². The molecule has 3 saturated heterocycles. The summed E-state index contributed by atoms with van der Waals surface area (Å²) in [5, 5.41) is 1.17. The number of fused-ring (bicyclic) bond motifs is 4. The molecule has 1 atom stereocenters. The summed E-state index contributed by atoms with van der Waals surface area (Å²) in [6, 6.07) is 8.33. The molecule has 4 heterocycles. The molecule has 128 valence electrons. The molecule has 1 unspecified atom stereocenters. The molecule has 0 aliphatic carbocycles. The summed E-state index contributed by atoms with van der Waals surface area (Å²) in [6.07, 6.45) is 2.84. The number of hydrogen-bond acceptors (Lipinski definition) is 3. The molecular formula is C20H26N2O2. The monoisotopic (exact) mass is 326 g/mol. The number of benzene rings is 1. The molecule has 24 heavy (non-hydrogen) atoms. The maximum Gasteiger partial charge on any atom is 0.310 e. The van der Waals surface area contributed by atoms with Crippen LogP contribution in [0, 0.1) is 5.92 Å². The Labute approximate surface area is 143 Å². The van der Waals surface area contributed by atoms with Gasteiger partial charge in [0.15, 0.2) is 0 Å². The van der Waals surface area contributed by atoms with Crippen molar-refractivity contribution >= 4 is 16.9 Å². The Morgan fingerprint density at radius 3 is 2.71 bits per heavy atom. The molecule has 0 amide bonds. The molecule has 3 aliphatic rings. The van der Waals surface area contributed by atoms with Crippen molar-refractivity contribution in [3.63, 3.8) is 0 Å². The van der Waals surface area contributed by atoms with Gasteiger partial charge in [-0.3, -0.25) is 4.79 Å². The fourth-order valence-electron chi connectivity index (χ4n) is 4.47. The van der Waals surface area contributed by atoms with E-state index in [9.17, 15) is 4.79 Å². The van der Waals surface area contributed by atoms with Gasteiger partial charge >= 0.3 is 5.97 Å². The predicted octanol–water partition coefficient (Wildman–Crippen LogP) is 3.47. The summed E-state index contributed by atoms with van der Waals surface area (Å²) in [7, 11) is 0. The number of nitrogens with one attached hydrogen (secondary N) is 1. The number of hydrogen-bond donors (Lipinski definition) is 1. The number of aromatic nitrogens is 1. The summed E-state index contributed by atoms with van der Waals surface area (Å²) in [6.45, 7) is 7.38. The fraction of sp³-hybridized carbons (Fsp3) is 0.550. The first-order chi connectivity index (χ1) is 11.6. The van der Waals surface area contributed by atoms with Gasteiger partial charge in [0.25, 0.3) is 0 Å². The highest BCUT2D eigenvalue weighted by atomic mass is 16.5. The molecule has 0 saturated carbocycles. The Morgan fingerprint density at radius 1 is 1.29 bits per heavy atom. The van der Waals surface area contributed by atoms with E-state index >= 15 is 0 Å². The Morgan fingerprint density at radius 2 is 2.04 bits per heavy atom. The number of para-hydroxylation sites is 1. The van der Waals surface area contributed by atoms with Crippen molar-refractivity contribution in [2.45, 2.75) is 45.1 Å². The molecule has 1 N–H and O–H groups in total. The molecule has 0 radical (unpaired) electrons. The average molecular weight is 326 g/mol. The van der Waals surface area contributed by atoms with E-state index in [-0.39, 0.29) is 12.1 Å². The van der Waals surface area contributed by atoms with Crippen LogP contribution in [0.15, 0.2) is 24.3 Å². The second-order valence-electron chi connectivity index (χ2n) is 7.52. The van der Waals surface area contributed by atoms with Gasteiger partial charge in [-0.05, 0) is 57.3 Å². The van der Waals surface area contributed by atoms with Gasteiger partial charge < -0.3 is 14.6 Å². The van der Waals surface area contributed by atoms with E-state index in [4.69, 9.17) is 4.74 Å². The lowest BCUT2D eigenvalue weighted by Crippen LogP contribution is -2.46. The first-order valence-electron chi connectivity index (χ1n) is 9.13. The van der Waals surface area contributed by atoms with Crippen LogP contribution in [-0.2, 0) is 16.0 Å². The van der Waals surface area contributed by atoms with Crippen LogP contribution >= 0.6 is 0 Å². The summed E-state index contributed by atoms with van der Waals surface area (Å²) in [4.78, 5) is 18.5. The largest absolute Gasteiger partial charge is 0.463 e. The van der Waals surface area contributed by atoms with Crippen LogP contribution in [0.3, 0.4) is 0 Å². The lowest BCUT2D eigenvalue weighted by atomic mass is 9.76. The molecule has 1 aromatic carbocycles. The minimum atomic E-state index is -0.128. The highest BCUT2D eigenvalue weighted by molar-refractivity contribution is 5.89. The van der Waals surface area contributed by atoms with Gasteiger partial charge in [0.05, 0.1) is 12.5 Å². The maximum absolute atomic E-state index is 12.3. The zero-order valence-corrected chi connectivity index (χ0v) is 14.5. The second-order valence-corrected chi connectivity index (χ2v) is 7.52. The molecule has 1 aromatic heterocycles. The van der Waals surface area contributed by atoms with Crippen LogP contribution in [-0.4, -0.2) is 41.6 Å². The van der Waals surface area contributed by atoms with Crippen LogP contribution in [0.2, 0.25) is 0 Å². The third kappa shape index (κ3) is 2.84. The first-order valence-corrected chi connectivity index (χ1v) is 9.13. The van der Waals surface area contributed by atoms with Crippen molar-refractivity contribution in [3.05, 3.63) is 35.5 Å². The van der Waals surface area contributed by atoms with Crippen molar-refractivity contribution in [1.29, 1.82) is 0 Å². The predicted molar refractivity (Wildman–Crippen MR) is 95.1 cm³/mol. The van der Waals surface area contributed by atoms with E-state index < -0.39 is 0 Å². The van der Waals surface area contributed by atoms with Crippen molar-refractivity contribution in [3.8, 4) is 0 Å². The van der Waals surface area contributed by atoms with Gasteiger partial charge in [-0.15, -0.1) is 0 Å². The second kappa shape index (κ2) is 6.25. The molecule has 4 heteroatoms. The Kier molecular flexibility index (Phi) is 4.09. The van der Waals surface area contributed by atoms with Gasteiger partial charge in [-0.25, -0.2) is 0 Å². The van der Waals surface area contributed by atoms with Crippen LogP contribution in [0.25, 0.3) is 10.9 Å². The highest BCUT2D eigenvalue weighted by Gasteiger charge is 2.37. The minimum Gasteiger partial charge on any atom is -0.463 e. The molecule has 0 spiro atoms. The number of aromatic amines is 1. The standard InChI is InChI=1S/C20H26N2O2/c1-13(2)24-19(23)11-16-15-5-3-4-6-18(15)21-20(16)17-12-22-9-7-14(17)8-10-22/h3-6,13-14,17,21H,7-12H2,1-2H3. The number of ether oxygens (including phenoxy) is 1. The van der Waals surface area contributed by atoms with E-state index in [0.717, 1.165) is 23.5 Å². The maximum atomic E-state index is 12.3. The fourth-order valence-corrected chi connectivity index (χ4v) is 4.47. The molecule has 2 aromatic rings. The number of carbonyl (C=O) groups excluding carboxylic acids is 1. The zero-order chi connectivity index (χ0) is 16.7. The number of carbonyl (C=O) groups is 1. The van der Waals surface area contributed by atoms with Crippen LogP contribution in [0.1, 0.15) is 43.9 Å². The topological polar surface area (TPSA) is 45.3 Å². The van der Waals surface area contributed by atoms with Crippen molar-refractivity contribution in [1.82, 2.24) is 9.88 Å². The first kappa shape index (κ1) is 15.7. The Balaban J connectivity index is 1.71. The van der Waals surface area contributed by atoms with Crippen molar-refractivity contribution in [2.75, 3.05) is 19.6 Å². The van der Waals surface area contributed by atoms with E-state index in [1.165, 1.54) is 37.0 Å². The summed E-state index contributed by atoms with van der Waals surface area (Å²) in [5.74, 6) is 1.13. The Hall–Kier alpha value is -1.81. The summed E-state index contributed by atoms with van der Waals surface area (Å²) in [5.41, 5.74) is 3.55. The van der Waals surface area contributed by atoms with Gasteiger partial charge in [-0.1, -0.05) is 18.2 Å². The summed E-state index contributed by atoms with van der Waals surface area (Å²) >= 11 is 0. The molecule has 4 nitrogen and oxygen atoms in total. The number of rotatable bonds is 4. The van der Waals surface area contributed by atoms with Gasteiger partial charge in [0.1, 0.15) is 0 Å². The molecule has 3 fully saturated rings. The normalized spacial score (nSPS) is 26.2. The molecule has 5 rings (SSSR count). The van der Waals surface area contributed by atoms with Gasteiger partial charge in [0, 0.05) is 29.1 Å². The van der Waals surface area contributed by atoms with E-state index in [1.807, 2.05) is 19.9 Å². The third-order valence-electron chi connectivity index (χ3n) is 5.56. The zero-order valence-electron chi connectivity index (χ0n) is 14.5. The quantitative estimate of drug-likeness (QED) is 0.875. The number of piperidine rings is 3. The SMILES string of the molecule is CC(C)OC(=O)Cc1c(C2CN3CCC2CC3)[nH]c2ccccc12. The molecule has 3 aliphatic heterocycles.